The zero-order valence-corrected chi connectivity index (χ0v) is 5.61. The van der Waals surface area contributed by atoms with Crippen LogP contribution in [-0.4, -0.2) is 21.7 Å². The van der Waals surface area contributed by atoms with Crippen LogP contribution in [0.3, 0.4) is 0 Å². The molecule has 1 aromatic heterocycles. The van der Waals surface area contributed by atoms with Gasteiger partial charge in [0.2, 0.25) is 5.96 Å². The van der Waals surface area contributed by atoms with Crippen molar-refractivity contribution in [2.45, 2.75) is 0 Å². The second-order valence-electron chi connectivity index (χ2n) is 1.87. The van der Waals surface area contributed by atoms with Crippen LogP contribution in [0.1, 0.15) is 0 Å². The SMILES string of the molecule is N=C(NC(=O)O)n1cccc1. The van der Waals surface area contributed by atoms with Crippen molar-refractivity contribution in [2.24, 2.45) is 0 Å². The summed E-state index contributed by atoms with van der Waals surface area (Å²) in [5.74, 6) is -0.178. The van der Waals surface area contributed by atoms with Crippen molar-refractivity contribution in [2.75, 3.05) is 0 Å². The average molecular weight is 153 g/mol. The molecule has 0 unspecified atom stereocenters. The van der Waals surface area contributed by atoms with Gasteiger partial charge in [-0.3, -0.25) is 15.3 Å². The zero-order chi connectivity index (χ0) is 8.27. The molecule has 5 nitrogen and oxygen atoms in total. The van der Waals surface area contributed by atoms with Crippen molar-refractivity contribution in [3.05, 3.63) is 24.5 Å². The van der Waals surface area contributed by atoms with Gasteiger partial charge >= 0.3 is 6.09 Å². The first kappa shape index (κ1) is 7.33. The van der Waals surface area contributed by atoms with Gasteiger partial charge in [-0.1, -0.05) is 0 Å². The molecule has 0 saturated carbocycles. The van der Waals surface area contributed by atoms with Gasteiger partial charge in [0.05, 0.1) is 0 Å². The minimum atomic E-state index is -1.23. The fourth-order valence-electron chi connectivity index (χ4n) is 0.649. The normalized spacial score (nSPS) is 9.09. The molecule has 0 aliphatic carbocycles. The lowest BCUT2D eigenvalue weighted by Gasteiger charge is -2.02. The summed E-state index contributed by atoms with van der Waals surface area (Å²) in [5.41, 5.74) is 0. The molecule has 3 N–H and O–H groups in total. The van der Waals surface area contributed by atoms with Crippen LogP contribution in [-0.2, 0) is 0 Å². The molecule has 0 radical (unpaired) electrons. The van der Waals surface area contributed by atoms with Crippen LogP contribution in [0.25, 0.3) is 0 Å². The summed E-state index contributed by atoms with van der Waals surface area (Å²) < 4.78 is 1.36. The van der Waals surface area contributed by atoms with Crippen molar-refractivity contribution >= 4 is 12.1 Å². The summed E-state index contributed by atoms with van der Waals surface area (Å²) in [5, 5.41) is 17.3. The Balaban J connectivity index is 2.64. The standard InChI is InChI=1S/C6H7N3O2/c7-5(8-6(10)11)9-3-1-2-4-9/h1-4H,(H2,7,8)(H,10,11). The molecule has 0 saturated heterocycles. The van der Waals surface area contributed by atoms with E-state index in [-0.39, 0.29) is 5.96 Å². The third-order valence-corrected chi connectivity index (χ3v) is 1.09. The molecule has 0 aliphatic rings. The molecule has 58 valence electrons. The molecule has 1 amide bonds. The lowest BCUT2D eigenvalue weighted by Crippen LogP contribution is -2.32. The van der Waals surface area contributed by atoms with Crippen molar-refractivity contribution in [3.63, 3.8) is 0 Å². The molecule has 1 heterocycles. The number of nitrogens with zero attached hydrogens (tertiary/aromatic N) is 1. The fourth-order valence-corrected chi connectivity index (χ4v) is 0.649. The largest absolute Gasteiger partial charge is 0.465 e. The smallest absolute Gasteiger partial charge is 0.411 e. The number of nitrogens with one attached hydrogen (secondary N) is 2. The highest BCUT2D eigenvalue weighted by atomic mass is 16.4. The Labute approximate surface area is 62.8 Å². The Morgan fingerprint density at radius 3 is 2.45 bits per heavy atom. The van der Waals surface area contributed by atoms with Gasteiger partial charge in [0, 0.05) is 12.4 Å². The predicted molar refractivity (Wildman–Crippen MR) is 38.7 cm³/mol. The maximum atomic E-state index is 10.0. The summed E-state index contributed by atoms with van der Waals surface area (Å²) >= 11 is 0. The monoisotopic (exact) mass is 153 g/mol. The molecule has 0 fully saturated rings. The van der Waals surface area contributed by atoms with E-state index in [2.05, 4.69) is 0 Å². The minimum absolute atomic E-state index is 0.178. The maximum absolute atomic E-state index is 10.0. The molecule has 5 heteroatoms. The minimum Gasteiger partial charge on any atom is -0.465 e. The van der Waals surface area contributed by atoms with Crippen LogP contribution in [0.15, 0.2) is 24.5 Å². The third kappa shape index (κ3) is 1.82. The van der Waals surface area contributed by atoms with E-state index in [1.807, 2.05) is 5.32 Å². The molecular weight excluding hydrogens is 146 g/mol. The topological polar surface area (TPSA) is 78.1 Å². The summed E-state index contributed by atoms with van der Waals surface area (Å²) in [6.07, 6.45) is 1.93. The first-order chi connectivity index (χ1) is 5.20. The van der Waals surface area contributed by atoms with Gasteiger partial charge < -0.3 is 5.11 Å². The number of rotatable bonds is 0. The molecule has 0 aliphatic heterocycles. The second-order valence-corrected chi connectivity index (χ2v) is 1.87. The Kier molecular flexibility index (Phi) is 1.91. The molecule has 0 spiro atoms. The first-order valence-electron chi connectivity index (χ1n) is 2.92. The molecule has 1 aromatic rings. The Morgan fingerprint density at radius 2 is 2.00 bits per heavy atom. The van der Waals surface area contributed by atoms with Gasteiger partial charge in [-0.25, -0.2) is 4.79 Å². The number of aromatic nitrogens is 1. The summed E-state index contributed by atoms with van der Waals surface area (Å²) in [7, 11) is 0. The predicted octanol–water partition coefficient (Wildman–Crippen LogP) is 0.539. The van der Waals surface area contributed by atoms with Crippen molar-refractivity contribution in [1.82, 2.24) is 9.88 Å². The van der Waals surface area contributed by atoms with E-state index in [9.17, 15) is 4.79 Å². The van der Waals surface area contributed by atoms with Crippen LogP contribution in [0.5, 0.6) is 0 Å². The molecule has 0 atom stereocenters. The van der Waals surface area contributed by atoms with Crippen LogP contribution in [0.4, 0.5) is 4.79 Å². The van der Waals surface area contributed by atoms with Crippen molar-refractivity contribution in [1.29, 1.82) is 5.41 Å². The number of carboxylic acid groups (broad SMARTS) is 1. The van der Waals surface area contributed by atoms with Gasteiger partial charge in [-0.15, -0.1) is 0 Å². The molecule has 0 bridgehead atoms. The Morgan fingerprint density at radius 1 is 1.45 bits per heavy atom. The van der Waals surface area contributed by atoms with Gasteiger partial charge in [-0.2, -0.15) is 0 Å². The molecule has 1 rings (SSSR count). The van der Waals surface area contributed by atoms with Crippen molar-refractivity contribution in [3.8, 4) is 0 Å². The highest BCUT2D eigenvalue weighted by molar-refractivity contribution is 5.92. The van der Waals surface area contributed by atoms with Crippen LogP contribution < -0.4 is 5.32 Å². The van der Waals surface area contributed by atoms with Crippen LogP contribution >= 0.6 is 0 Å². The van der Waals surface area contributed by atoms with E-state index < -0.39 is 6.09 Å². The zero-order valence-electron chi connectivity index (χ0n) is 5.61. The van der Waals surface area contributed by atoms with E-state index in [4.69, 9.17) is 10.5 Å². The number of hydrogen-bond acceptors (Lipinski definition) is 2. The maximum Gasteiger partial charge on any atom is 0.411 e. The second kappa shape index (κ2) is 2.87. The lowest BCUT2D eigenvalue weighted by atomic mass is 10.7. The van der Waals surface area contributed by atoms with Crippen LogP contribution in [0.2, 0.25) is 0 Å². The highest BCUT2D eigenvalue weighted by Gasteiger charge is 2.00. The summed E-state index contributed by atoms with van der Waals surface area (Å²) in [6.45, 7) is 0. The quantitative estimate of drug-likeness (QED) is 0.375. The summed E-state index contributed by atoms with van der Waals surface area (Å²) in [6, 6.07) is 3.41. The lowest BCUT2D eigenvalue weighted by molar-refractivity contribution is 0.200. The molecular formula is C6H7N3O2. The van der Waals surface area contributed by atoms with E-state index in [0.717, 1.165) is 0 Å². The fraction of sp³-hybridized carbons (Fsp3) is 0. The van der Waals surface area contributed by atoms with Gasteiger partial charge in [0.15, 0.2) is 0 Å². The van der Waals surface area contributed by atoms with E-state index in [1.165, 1.54) is 4.57 Å². The number of hydrogen-bond donors (Lipinski definition) is 3. The highest BCUT2D eigenvalue weighted by Crippen LogP contribution is 1.86. The molecule has 0 aromatic carbocycles. The van der Waals surface area contributed by atoms with Gasteiger partial charge in [0.25, 0.3) is 0 Å². The van der Waals surface area contributed by atoms with E-state index in [1.54, 1.807) is 24.5 Å². The van der Waals surface area contributed by atoms with Crippen molar-refractivity contribution < 1.29 is 9.90 Å². The average Bonchev–Trinajstić information content (AvgIpc) is 2.35. The summed E-state index contributed by atoms with van der Waals surface area (Å²) in [4.78, 5) is 10.0. The van der Waals surface area contributed by atoms with Gasteiger partial charge in [0.1, 0.15) is 0 Å². The van der Waals surface area contributed by atoms with Crippen LogP contribution in [0, 0.1) is 5.41 Å². The van der Waals surface area contributed by atoms with E-state index >= 15 is 0 Å². The Bertz CT molecular complexity index is 265. The molecule has 11 heavy (non-hydrogen) atoms. The number of amides is 1. The van der Waals surface area contributed by atoms with E-state index in [0.29, 0.717) is 0 Å². The van der Waals surface area contributed by atoms with Gasteiger partial charge in [-0.05, 0) is 12.1 Å². The Hall–Kier alpha value is -1.78. The number of carbonyl (C=O) groups is 1. The first-order valence-corrected chi connectivity index (χ1v) is 2.92. The third-order valence-electron chi connectivity index (χ3n) is 1.09.